The number of pyridine rings is 1. The Morgan fingerprint density at radius 2 is 2.00 bits per heavy atom. The lowest BCUT2D eigenvalue weighted by molar-refractivity contribution is -0.192. The molecule has 0 bridgehead atoms. The van der Waals surface area contributed by atoms with Crippen molar-refractivity contribution in [2.24, 2.45) is 11.8 Å². The van der Waals surface area contributed by atoms with E-state index in [1.165, 1.54) is 6.26 Å². The molecule has 0 unspecified atom stereocenters. The molecule has 4 heterocycles. The predicted molar refractivity (Wildman–Crippen MR) is 106 cm³/mol. The van der Waals surface area contributed by atoms with E-state index in [9.17, 15) is 22.8 Å². The number of alkyl halides is 3. The number of likely N-dealkylation sites (tertiary alicyclic amines) is 1. The molecule has 3 atom stereocenters. The number of hydrogen-bond donors (Lipinski definition) is 2. The normalized spacial score (nSPS) is 21.7. The minimum Gasteiger partial charge on any atom is -0.475 e. The Kier molecular flexibility index (Phi) is 7.36. The summed E-state index contributed by atoms with van der Waals surface area (Å²) < 4.78 is 42.9. The van der Waals surface area contributed by atoms with Crippen LogP contribution in [0.3, 0.4) is 0 Å². The van der Waals surface area contributed by atoms with E-state index in [-0.39, 0.29) is 29.8 Å². The highest BCUT2D eigenvalue weighted by molar-refractivity contribution is 5.94. The maximum absolute atomic E-state index is 12.6. The van der Waals surface area contributed by atoms with Crippen LogP contribution in [0.15, 0.2) is 41.3 Å². The summed E-state index contributed by atoms with van der Waals surface area (Å²) >= 11 is 0. The van der Waals surface area contributed by atoms with Crippen LogP contribution in [0, 0.1) is 18.8 Å². The first-order valence-electron chi connectivity index (χ1n) is 10.0. The van der Waals surface area contributed by atoms with Crippen LogP contribution in [0.4, 0.5) is 13.2 Å². The lowest BCUT2D eigenvalue weighted by Gasteiger charge is -2.19. The van der Waals surface area contributed by atoms with Crippen molar-refractivity contribution in [2.45, 2.75) is 19.2 Å². The number of carboxylic acids is 1. The Morgan fingerprint density at radius 3 is 2.58 bits per heavy atom. The lowest BCUT2D eigenvalue weighted by atomic mass is 9.93. The van der Waals surface area contributed by atoms with Gasteiger partial charge < -0.3 is 24.5 Å². The number of carbonyl (C=O) groups is 3. The maximum Gasteiger partial charge on any atom is 0.490 e. The van der Waals surface area contributed by atoms with Crippen LogP contribution in [0.5, 0.6) is 0 Å². The Labute approximate surface area is 186 Å². The fourth-order valence-corrected chi connectivity index (χ4v) is 3.73. The third-order valence-corrected chi connectivity index (χ3v) is 5.47. The second-order valence-corrected chi connectivity index (χ2v) is 7.69. The molecule has 0 radical (unpaired) electrons. The maximum atomic E-state index is 12.6. The quantitative estimate of drug-likeness (QED) is 0.704. The largest absolute Gasteiger partial charge is 0.490 e. The highest BCUT2D eigenvalue weighted by Crippen LogP contribution is 2.34. The van der Waals surface area contributed by atoms with E-state index in [0.717, 1.165) is 5.56 Å². The molecular formula is C21H22F3N3O6. The van der Waals surface area contributed by atoms with Gasteiger partial charge in [-0.15, -0.1) is 0 Å². The Bertz CT molecular complexity index is 995. The number of aryl methyl sites for hydroxylation is 1. The molecule has 0 aromatic carbocycles. The van der Waals surface area contributed by atoms with Gasteiger partial charge in [-0.1, -0.05) is 0 Å². The standard InChI is InChI=1S/C19H21N3O4.C2HF3O2/c1-12-4-6-25-17(12)19(24)22-9-15-14(11-26-16(15)10-22)8-21-18(23)13-3-2-5-20-7-13;3-2(4,5)1(6)7/h2-7,14-16H,8-11H2,1H3,(H,21,23);(H,6,7)/t14-,15+,16+;/m0./s1. The van der Waals surface area contributed by atoms with Crippen LogP contribution in [-0.4, -0.2) is 71.3 Å². The molecule has 2 fully saturated rings. The summed E-state index contributed by atoms with van der Waals surface area (Å²) in [6.07, 6.45) is -0.344. The van der Waals surface area contributed by atoms with Gasteiger partial charge in [0.05, 0.1) is 24.5 Å². The number of nitrogens with zero attached hydrogens (tertiary/aromatic N) is 2. The molecule has 2 aromatic rings. The molecular weight excluding hydrogens is 447 g/mol. The molecule has 2 aliphatic heterocycles. The van der Waals surface area contributed by atoms with Gasteiger partial charge in [0.25, 0.3) is 11.8 Å². The molecule has 2 aliphatic rings. The van der Waals surface area contributed by atoms with E-state index in [4.69, 9.17) is 19.1 Å². The zero-order chi connectivity index (χ0) is 24.2. The SMILES string of the molecule is Cc1ccoc1C(=O)N1C[C@@H]2[C@@H](CNC(=O)c3cccnc3)CO[C@@H]2C1.O=C(O)C(F)(F)F. The summed E-state index contributed by atoms with van der Waals surface area (Å²) in [5.41, 5.74) is 1.38. The van der Waals surface area contributed by atoms with E-state index in [1.54, 1.807) is 35.5 Å². The van der Waals surface area contributed by atoms with Gasteiger partial charge in [-0.05, 0) is 25.1 Å². The zero-order valence-corrected chi connectivity index (χ0v) is 17.5. The van der Waals surface area contributed by atoms with Crippen LogP contribution in [-0.2, 0) is 9.53 Å². The predicted octanol–water partition coefficient (Wildman–Crippen LogP) is 2.13. The molecule has 178 valence electrons. The number of ether oxygens (including phenoxy) is 1. The van der Waals surface area contributed by atoms with E-state index in [2.05, 4.69) is 10.3 Å². The number of aliphatic carboxylic acids is 1. The van der Waals surface area contributed by atoms with Crippen LogP contribution >= 0.6 is 0 Å². The fraction of sp³-hybridized carbons (Fsp3) is 0.429. The van der Waals surface area contributed by atoms with Gasteiger partial charge in [-0.25, -0.2) is 4.79 Å². The van der Waals surface area contributed by atoms with Gasteiger partial charge in [0.15, 0.2) is 5.76 Å². The summed E-state index contributed by atoms with van der Waals surface area (Å²) in [5, 5.41) is 10.1. The number of nitrogens with one attached hydrogen (secondary N) is 1. The summed E-state index contributed by atoms with van der Waals surface area (Å²) in [5.74, 6) is -2.18. The van der Waals surface area contributed by atoms with Crippen molar-refractivity contribution in [2.75, 3.05) is 26.2 Å². The third kappa shape index (κ3) is 5.89. The van der Waals surface area contributed by atoms with Crippen molar-refractivity contribution in [1.82, 2.24) is 15.2 Å². The smallest absolute Gasteiger partial charge is 0.475 e. The van der Waals surface area contributed by atoms with Crippen LogP contribution in [0.1, 0.15) is 26.5 Å². The van der Waals surface area contributed by atoms with E-state index < -0.39 is 12.1 Å². The average Bonchev–Trinajstić information content (AvgIpc) is 3.48. The molecule has 0 aliphatic carbocycles. The zero-order valence-electron chi connectivity index (χ0n) is 17.5. The third-order valence-electron chi connectivity index (χ3n) is 5.47. The van der Waals surface area contributed by atoms with Gasteiger partial charge >= 0.3 is 12.1 Å². The number of rotatable bonds is 4. The van der Waals surface area contributed by atoms with Crippen molar-refractivity contribution in [3.05, 3.63) is 53.7 Å². The first-order valence-corrected chi connectivity index (χ1v) is 10.0. The monoisotopic (exact) mass is 469 g/mol. The first-order chi connectivity index (χ1) is 15.6. The molecule has 12 heteroatoms. The average molecular weight is 469 g/mol. The number of hydrogen-bond acceptors (Lipinski definition) is 6. The fourth-order valence-electron chi connectivity index (χ4n) is 3.73. The first kappa shape index (κ1) is 24.2. The van der Waals surface area contributed by atoms with E-state index >= 15 is 0 Å². The van der Waals surface area contributed by atoms with Gasteiger partial charge in [0.1, 0.15) is 0 Å². The van der Waals surface area contributed by atoms with Crippen molar-refractivity contribution >= 4 is 17.8 Å². The summed E-state index contributed by atoms with van der Waals surface area (Å²) in [7, 11) is 0. The molecule has 2 aromatic heterocycles. The van der Waals surface area contributed by atoms with Crippen molar-refractivity contribution in [1.29, 1.82) is 0 Å². The Balaban J connectivity index is 0.000000383. The van der Waals surface area contributed by atoms with Gasteiger partial charge in [-0.2, -0.15) is 13.2 Å². The molecule has 9 nitrogen and oxygen atoms in total. The summed E-state index contributed by atoms with van der Waals surface area (Å²) in [6.45, 7) is 4.18. The highest BCUT2D eigenvalue weighted by atomic mass is 19.4. The number of furan rings is 1. The second kappa shape index (κ2) is 10.0. The van der Waals surface area contributed by atoms with Crippen LogP contribution < -0.4 is 5.32 Å². The second-order valence-electron chi connectivity index (χ2n) is 7.69. The van der Waals surface area contributed by atoms with Gasteiger partial charge in [0.2, 0.25) is 0 Å². The van der Waals surface area contributed by atoms with Crippen LogP contribution in [0.2, 0.25) is 0 Å². The molecule has 33 heavy (non-hydrogen) atoms. The summed E-state index contributed by atoms with van der Waals surface area (Å²) in [4.78, 5) is 39.5. The molecule has 2 saturated heterocycles. The van der Waals surface area contributed by atoms with Gasteiger partial charge in [0, 0.05) is 49.4 Å². The Morgan fingerprint density at radius 1 is 1.27 bits per heavy atom. The summed E-state index contributed by atoms with van der Waals surface area (Å²) in [6, 6.07) is 5.26. The van der Waals surface area contributed by atoms with Gasteiger partial charge in [-0.3, -0.25) is 14.6 Å². The Hall–Kier alpha value is -3.41. The van der Waals surface area contributed by atoms with Crippen molar-refractivity contribution < 1.29 is 41.8 Å². The molecule has 0 spiro atoms. The number of amides is 2. The number of halogens is 3. The van der Waals surface area contributed by atoms with Crippen LogP contribution in [0.25, 0.3) is 0 Å². The topological polar surface area (TPSA) is 122 Å². The van der Waals surface area contributed by atoms with Crippen molar-refractivity contribution in [3.8, 4) is 0 Å². The van der Waals surface area contributed by atoms with E-state index in [1.807, 2.05) is 6.92 Å². The highest BCUT2D eigenvalue weighted by Gasteiger charge is 2.45. The molecule has 2 N–H and O–H groups in total. The number of fused-ring (bicyclic) bond motifs is 1. The number of carbonyl (C=O) groups excluding carboxylic acids is 2. The minimum absolute atomic E-state index is 0.0227. The molecule has 4 rings (SSSR count). The molecule has 2 amide bonds. The molecule has 0 saturated carbocycles. The lowest BCUT2D eigenvalue weighted by Crippen LogP contribution is -2.35. The minimum atomic E-state index is -5.08. The van der Waals surface area contributed by atoms with Crippen molar-refractivity contribution in [3.63, 3.8) is 0 Å². The van der Waals surface area contributed by atoms with E-state index in [0.29, 0.717) is 37.6 Å². The number of carboxylic acid groups (broad SMARTS) is 1. The number of aromatic nitrogens is 1.